The van der Waals surface area contributed by atoms with Crippen molar-refractivity contribution in [3.8, 4) is 0 Å². The molecule has 1 unspecified atom stereocenters. The Bertz CT molecular complexity index is 593. The second-order valence-electron chi connectivity index (χ2n) is 3.87. The summed E-state index contributed by atoms with van der Waals surface area (Å²) in [7, 11) is 1.82. The number of rotatable bonds is 5. The molecule has 0 bridgehead atoms. The Morgan fingerprint density at radius 3 is 2.84 bits per heavy atom. The highest BCUT2D eigenvalue weighted by atomic mass is 32.2. The van der Waals surface area contributed by atoms with Crippen molar-refractivity contribution < 1.29 is 9.90 Å². The van der Waals surface area contributed by atoms with Crippen LogP contribution in [-0.2, 0) is 11.8 Å². The molecule has 2 aromatic rings. The molecular weight excluding hydrogens is 270 g/mol. The van der Waals surface area contributed by atoms with E-state index in [0.29, 0.717) is 11.0 Å². The van der Waals surface area contributed by atoms with E-state index < -0.39 is 5.97 Å². The minimum atomic E-state index is -0.926. The number of nitrogens with zero attached hydrogens (tertiary/aromatic N) is 6. The quantitative estimate of drug-likeness (QED) is 0.721. The van der Waals surface area contributed by atoms with Crippen LogP contribution in [0, 0.1) is 0 Å². The van der Waals surface area contributed by atoms with E-state index in [4.69, 9.17) is 10.8 Å². The van der Waals surface area contributed by atoms with Gasteiger partial charge in [-0.05, 0) is 6.92 Å². The summed E-state index contributed by atoms with van der Waals surface area (Å²) in [6.45, 7) is 1.87. The van der Waals surface area contributed by atoms with Gasteiger partial charge in [-0.1, -0.05) is 11.8 Å². The monoisotopic (exact) mass is 283 g/mol. The highest BCUT2D eigenvalue weighted by molar-refractivity contribution is 7.99. The fourth-order valence-electron chi connectivity index (χ4n) is 1.66. The van der Waals surface area contributed by atoms with Gasteiger partial charge >= 0.3 is 5.97 Å². The van der Waals surface area contributed by atoms with Crippen LogP contribution in [0.1, 0.15) is 18.8 Å². The summed E-state index contributed by atoms with van der Waals surface area (Å²) >= 11 is 1.06. The molecule has 0 aromatic carbocycles. The third kappa shape index (κ3) is 2.67. The Hall–Kier alpha value is -2.10. The first-order valence-corrected chi connectivity index (χ1v) is 6.38. The van der Waals surface area contributed by atoms with Gasteiger partial charge in [0.25, 0.3) is 0 Å². The van der Waals surface area contributed by atoms with Crippen LogP contribution in [0.4, 0.5) is 5.95 Å². The SMILES string of the molecule is CC(c1nncn1C)n1c(N)nnc1SCC(=O)O. The van der Waals surface area contributed by atoms with Crippen LogP contribution in [0.5, 0.6) is 0 Å². The van der Waals surface area contributed by atoms with Crippen molar-refractivity contribution in [3.05, 3.63) is 12.2 Å². The van der Waals surface area contributed by atoms with E-state index in [9.17, 15) is 4.79 Å². The van der Waals surface area contributed by atoms with Crippen LogP contribution in [0.15, 0.2) is 11.5 Å². The Morgan fingerprint density at radius 1 is 1.53 bits per heavy atom. The molecule has 1 atom stereocenters. The van der Waals surface area contributed by atoms with E-state index in [0.717, 1.165) is 11.8 Å². The summed E-state index contributed by atoms with van der Waals surface area (Å²) in [5.74, 6) is -0.138. The van der Waals surface area contributed by atoms with Crippen molar-refractivity contribution in [2.45, 2.75) is 18.1 Å². The summed E-state index contributed by atoms with van der Waals surface area (Å²) in [4.78, 5) is 10.6. The van der Waals surface area contributed by atoms with Crippen LogP contribution in [0.3, 0.4) is 0 Å². The maximum Gasteiger partial charge on any atom is 0.313 e. The van der Waals surface area contributed by atoms with Crippen molar-refractivity contribution >= 4 is 23.7 Å². The summed E-state index contributed by atoms with van der Waals surface area (Å²) in [5, 5.41) is 24.6. The molecule has 0 saturated carbocycles. The third-order valence-electron chi connectivity index (χ3n) is 2.52. The molecule has 0 spiro atoms. The smallest absolute Gasteiger partial charge is 0.313 e. The van der Waals surface area contributed by atoms with Gasteiger partial charge in [-0.2, -0.15) is 0 Å². The predicted octanol–water partition coefficient (Wildman–Crippen LogP) is -0.225. The van der Waals surface area contributed by atoms with Crippen LogP contribution in [0.2, 0.25) is 0 Å². The maximum absolute atomic E-state index is 10.6. The Labute approximate surface area is 112 Å². The van der Waals surface area contributed by atoms with Crippen molar-refractivity contribution in [2.75, 3.05) is 11.5 Å². The average molecular weight is 283 g/mol. The molecule has 0 aliphatic heterocycles. The number of nitrogen functional groups attached to an aromatic ring is 1. The number of carboxylic acid groups (broad SMARTS) is 1. The molecule has 0 amide bonds. The minimum absolute atomic E-state index is 0.107. The predicted molar refractivity (Wildman–Crippen MR) is 67.6 cm³/mol. The number of hydrogen-bond donors (Lipinski definition) is 2. The fourth-order valence-corrected chi connectivity index (χ4v) is 2.40. The zero-order chi connectivity index (χ0) is 14.0. The number of aromatic nitrogens is 6. The lowest BCUT2D eigenvalue weighted by Gasteiger charge is -2.15. The molecule has 0 radical (unpaired) electrons. The zero-order valence-electron chi connectivity index (χ0n) is 10.4. The largest absolute Gasteiger partial charge is 0.481 e. The van der Waals surface area contributed by atoms with Gasteiger partial charge in [-0.3, -0.25) is 9.36 Å². The van der Waals surface area contributed by atoms with Gasteiger partial charge in [0.2, 0.25) is 5.95 Å². The standard InChI is InChI=1S/C9H13N7O2S/c1-5(7-12-11-4-15(7)2)16-8(10)13-14-9(16)19-3-6(17)18/h4-5H,3H2,1-2H3,(H2,10,13)(H,17,18). The molecular formula is C9H13N7O2S. The summed E-state index contributed by atoms with van der Waals surface area (Å²) < 4.78 is 3.40. The van der Waals surface area contributed by atoms with E-state index in [1.54, 1.807) is 15.5 Å². The molecule has 0 fully saturated rings. The Kier molecular flexibility index (Phi) is 3.69. The van der Waals surface area contributed by atoms with Gasteiger partial charge in [0.1, 0.15) is 6.33 Å². The zero-order valence-corrected chi connectivity index (χ0v) is 11.2. The molecule has 9 nitrogen and oxygen atoms in total. The topological polar surface area (TPSA) is 125 Å². The number of carbonyl (C=O) groups is 1. The molecule has 3 N–H and O–H groups in total. The fraction of sp³-hybridized carbons (Fsp3) is 0.444. The molecule has 2 aromatic heterocycles. The Morgan fingerprint density at radius 2 is 2.26 bits per heavy atom. The van der Waals surface area contributed by atoms with E-state index in [-0.39, 0.29) is 17.7 Å². The van der Waals surface area contributed by atoms with Gasteiger partial charge in [-0.15, -0.1) is 20.4 Å². The summed E-state index contributed by atoms with van der Waals surface area (Å²) in [6.07, 6.45) is 1.58. The van der Waals surface area contributed by atoms with Gasteiger partial charge in [0, 0.05) is 7.05 Å². The lowest BCUT2D eigenvalue weighted by atomic mass is 10.3. The summed E-state index contributed by atoms with van der Waals surface area (Å²) in [6, 6.07) is -0.237. The van der Waals surface area contributed by atoms with Crippen molar-refractivity contribution in [1.82, 2.24) is 29.5 Å². The number of hydrogen-bond acceptors (Lipinski definition) is 7. The lowest BCUT2D eigenvalue weighted by Crippen LogP contribution is -2.15. The minimum Gasteiger partial charge on any atom is -0.481 e. The van der Waals surface area contributed by atoms with Crippen molar-refractivity contribution in [2.24, 2.45) is 7.05 Å². The van der Waals surface area contributed by atoms with Gasteiger partial charge in [-0.25, -0.2) is 0 Å². The third-order valence-corrected chi connectivity index (χ3v) is 3.45. The maximum atomic E-state index is 10.6. The first-order chi connectivity index (χ1) is 9.00. The van der Waals surface area contributed by atoms with E-state index >= 15 is 0 Å². The molecule has 0 aliphatic rings. The van der Waals surface area contributed by atoms with Crippen molar-refractivity contribution in [3.63, 3.8) is 0 Å². The first-order valence-electron chi connectivity index (χ1n) is 5.39. The number of carboxylic acids is 1. The molecule has 102 valence electrons. The molecule has 2 heterocycles. The number of thioether (sulfide) groups is 1. The van der Waals surface area contributed by atoms with E-state index in [1.165, 1.54) is 0 Å². The van der Waals surface area contributed by atoms with Crippen molar-refractivity contribution in [1.29, 1.82) is 0 Å². The number of aryl methyl sites for hydroxylation is 1. The van der Waals surface area contributed by atoms with Gasteiger partial charge in [0.15, 0.2) is 11.0 Å². The van der Waals surface area contributed by atoms with E-state index in [1.807, 2.05) is 14.0 Å². The second kappa shape index (κ2) is 5.26. The van der Waals surface area contributed by atoms with Crippen LogP contribution in [-0.4, -0.2) is 46.4 Å². The van der Waals surface area contributed by atoms with E-state index in [2.05, 4.69) is 20.4 Å². The highest BCUT2D eigenvalue weighted by Gasteiger charge is 2.21. The number of nitrogens with two attached hydrogens (primary N) is 1. The molecule has 19 heavy (non-hydrogen) atoms. The van der Waals surface area contributed by atoms with Crippen LogP contribution < -0.4 is 5.73 Å². The van der Waals surface area contributed by atoms with Crippen LogP contribution >= 0.6 is 11.8 Å². The normalized spacial score (nSPS) is 12.5. The van der Waals surface area contributed by atoms with Gasteiger partial charge in [0.05, 0.1) is 11.8 Å². The Balaban J connectivity index is 2.31. The first kappa shape index (κ1) is 13.3. The molecule has 0 aliphatic carbocycles. The average Bonchev–Trinajstić information content (AvgIpc) is 2.92. The molecule has 2 rings (SSSR count). The molecule has 0 saturated heterocycles. The lowest BCUT2D eigenvalue weighted by molar-refractivity contribution is -0.133. The summed E-state index contributed by atoms with van der Waals surface area (Å²) in [5.41, 5.74) is 5.78. The number of anilines is 1. The second-order valence-corrected chi connectivity index (χ2v) is 4.81. The number of aliphatic carboxylic acids is 1. The highest BCUT2D eigenvalue weighted by Crippen LogP contribution is 2.25. The van der Waals surface area contributed by atoms with Gasteiger partial charge < -0.3 is 15.4 Å². The van der Waals surface area contributed by atoms with Crippen LogP contribution in [0.25, 0.3) is 0 Å². The molecule has 10 heteroatoms.